The Labute approximate surface area is 115 Å². The first kappa shape index (κ1) is 13.9. The smallest absolute Gasteiger partial charge is 0.338 e. The van der Waals surface area contributed by atoms with Gasteiger partial charge >= 0.3 is 5.97 Å². The molecule has 1 radical (unpaired) electrons. The molecule has 101 valence electrons. The molecular weight excluding hydrogens is 236 g/mol. The van der Waals surface area contributed by atoms with E-state index in [1.807, 2.05) is 30.7 Å². The maximum Gasteiger partial charge on any atom is 0.338 e. The lowest BCUT2D eigenvalue weighted by Crippen LogP contribution is -2.12. The Morgan fingerprint density at radius 2 is 2.21 bits per heavy atom. The highest BCUT2D eigenvalue weighted by molar-refractivity contribution is 5.92. The third kappa shape index (κ3) is 3.69. The summed E-state index contributed by atoms with van der Waals surface area (Å²) in [6, 6.07) is 5.81. The molecule has 1 aromatic rings. The van der Waals surface area contributed by atoms with Crippen LogP contribution >= 0.6 is 0 Å². The minimum absolute atomic E-state index is 0.190. The van der Waals surface area contributed by atoms with Crippen molar-refractivity contribution in [3.05, 3.63) is 53.5 Å². The molecule has 0 saturated heterocycles. The molecule has 0 aromatic heterocycles. The van der Waals surface area contributed by atoms with E-state index in [-0.39, 0.29) is 5.97 Å². The summed E-state index contributed by atoms with van der Waals surface area (Å²) in [5.41, 5.74) is 2.92. The topological polar surface area (TPSA) is 26.3 Å². The predicted molar refractivity (Wildman–Crippen MR) is 77.0 cm³/mol. The summed E-state index contributed by atoms with van der Waals surface area (Å²) >= 11 is 0. The first-order valence-corrected chi connectivity index (χ1v) is 6.97. The van der Waals surface area contributed by atoms with Crippen LogP contribution in [0.3, 0.4) is 0 Å². The second-order valence-corrected chi connectivity index (χ2v) is 5.34. The number of ether oxygens (including phenoxy) is 1. The minimum atomic E-state index is -0.190. The maximum atomic E-state index is 12.1. The lowest BCUT2D eigenvalue weighted by atomic mass is 9.92. The third-order valence-corrected chi connectivity index (χ3v) is 3.32. The van der Waals surface area contributed by atoms with Crippen molar-refractivity contribution in [1.82, 2.24) is 0 Å². The highest BCUT2D eigenvalue weighted by atomic mass is 16.5. The van der Waals surface area contributed by atoms with Gasteiger partial charge in [-0.05, 0) is 42.4 Å². The summed E-state index contributed by atoms with van der Waals surface area (Å²) < 4.78 is 5.37. The maximum absolute atomic E-state index is 12.1. The van der Waals surface area contributed by atoms with Crippen molar-refractivity contribution in [3.8, 4) is 0 Å². The van der Waals surface area contributed by atoms with Crippen LogP contribution < -0.4 is 0 Å². The fourth-order valence-electron chi connectivity index (χ4n) is 2.27. The van der Waals surface area contributed by atoms with Gasteiger partial charge in [-0.15, -0.1) is 0 Å². The van der Waals surface area contributed by atoms with Crippen LogP contribution in [0.4, 0.5) is 0 Å². The Morgan fingerprint density at radius 3 is 3.00 bits per heavy atom. The molecule has 0 heterocycles. The fraction of sp³-hybridized carbons (Fsp3) is 0.412. The van der Waals surface area contributed by atoms with Crippen LogP contribution in [-0.2, 0) is 11.2 Å². The van der Waals surface area contributed by atoms with Crippen LogP contribution in [0, 0.1) is 12.3 Å². The molecule has 0 aliphatic heterocycles. The van der Waals surface area contributed by atoms with Crippen molar-refractivity contribution in [2.75, 3.05) is 6.61 Å². The Bertz CT molecular complexity index is 472. The molecule has 2 nitrogen and oxygen atoms in total. The molecule has 0 fully saturated rings. The molecule has 0 bridgehead atoms. The molecule has 1 aliphatic rings. The first-order valence-electron chi connectivity index (χ1n) is 6.97. The van der Waals surface area contributed by atoms with Gasteiger partial charge in [0.05, 0.1) is 12.2 Å². The molecule has 0 amide bonds. The summed E-state index contributed by atoms with van der Waals surface area (Å²) in [4.78, 5) is 12.1. The highest BCUT2D eigenvalue weighted by Crippen LogP contribution is 2.22. The largest absolute Gasteiger partial charge is 0.462 e. The molecule has 1 aromatic carbocycles. The molecule has 0 atom stereocenters. The van der Waals surface area contributed by atoms with Gasteiger partial charge in [-0.1, -0.05) is 38.1 Å². The first-order chi connectivity index (χ1) is 9.18. The zero-order chi connectivity index (χ0) is 13.7. The summed E-state index contributed by atoms with van der Waals surface area (Å²) in [6.45, 7) is 4.87. The number of rotatable bonds is 5. The van der Waals surface area contributed by atoms with E-state index in [0.29, 0.717) is 18.1 Å². The zero-order valence-corrected chi connectivity index (χ0v) is 11.7. The summed E-state index contributed by atoms with van der Waals surface area (Å²) in [7, 11) is 0. The average Bonchev–Trinajstić information content (AvgIpc) is 2.42. The van der Waals surface area contributed by atoms with Gasteiger partial charge in [-0.3, -0.25) is 0 Å². The van der Waals surface area contributed by atoms with Gasteiger partial charge in [-0.25, -0.2) is 4.79 Å². The minimum Gasteiger partial charge on any atom is -0.462 e. The van der Waals surface area contributed by atoms with Crippen LogP contribution in [0.1, 0.15) is 48.2 Å². The molecule has 0 spiro atoms. The van der Waals surface area contributed by atoms with Gasteiger partial charge in [0.2, 0.25) is 0 Å². The molecule has 2 heteroatoms. The molecular formula is C17H21O2. The average molecular weight is 257 g/mol. The van der Waals surface area contributed by atoms with Gasteiger partial charge in [0.1, 0.15) is 0 Å². The van der Waals surface area contributed by atoms with Crippen LogP contribution in [0.5, 0.6) is 0 Å². The molecule has 0 unspecified atom stereocenters. The van der Waals surface area contributed by atoms with Crippen LogP contribution in [0.2, 0.25) is 0 Å². The number of fused-ring (bicyclic) bond motifs is 1. The summed E-state index contributed by atoms with van der Waals surface area (Å²) in [5, 5.41) is 0. The van der Waals surface area contributed by atoms with E-state index in [2.05, 4.69) is 19.9 Å². The van der Waals surface area contributed by atoms with Crippen molar-refractivity contribution in [1.29, 1.82) is 0 Å². The van der Waals surface area contributed by atoms with Gasteiger partial charge in [0.15, 0.2) is 0 Å². The lowest BCUT2D eigenvalue weighted by molar-refractivity contribution is 0.0493. The second-order valence-electron chi connectivity index (χ2n) is 5.34. The SMILES string of the molecule is CC(C)CCCOC(=O)c1cccc2c1CC=C[CH]2. The van der Waals surface area contributed by atoms with E-state index >= 15 is 0 Å². The van der Waals surface area contributed by atoms with Crippen molar-refractivity contribution < 1.29 is 9.53 Å². The summed E-state index contributed by atoms with van der Waals surface area (Å²) in [5.74, 6) is 0.465. The van der Waals surface area contributed by atoms with E-state index in [0.717, 1.165) is 30.4 Å². The summed E-state index contributed by atoms with van der Waals surface area (Å²) in [6.07, 6.45) is 8.97. The molecule has 2 rings (SSSR count). The Hall–Kier alpha value is -1.57. The van der Waals surface area contributed by atoms with Crippen LogP contribution in [0.15, 0.2) is 30.4 Å². The molecule has 1 aliphatic carbocycles. The standard InChI is InChI=1S/C17H21O2/c1-13(2)7-6-12-19-17(18)16-11-5-9-14-8-3-4-10-15(14)16/h3-5,8-9,11,13H,6-7,10,12H2,1-2H3. The predicted octanol–water partition coefficient (Wildman–Crippen LogP) is 3.94. The Morgan fingerprint density at radius 1 is 1.37 bits per heavy atom. The van der Waals surface area contributed by atoms with Gasteiger partial charge in [-0.2, -0.15) is 0 Å². The van der Waals surface area contributed by atoms with Crippen molar-refractivity contribution in [2.24, 2.45) is 5.92 Å². The van der Waals surface area contributed by atoms with Gasteiger partial charge < -0.3 is 4.74 Å². The van der Waals surface area contributed by atoms with Crippen LogP contribution in [0.25, 0.3) is 0 Å². The number of carbonyl (C=O) groups excluding carboxylic acids is 1. The second kappa shape index (κ2) is 6.55. The third-order valence-electron chi connectivity index (χ3n) is 3.32. The quantitative estimate of drug-likeness (QED) is 0.590. The van der Waals surface area contributed by atoms with E-state index in [1.165, 1.54) is 0 Å². The lowest BCUT2D eigenvalue weighted by Gasteiger charge is -2.15. The van der Waals surface area contributed by atoms with Crippen molar-refractivity contribution in [2.45, 2.75) is 33.1 Å². The number of allylic oxidation sites excluding steroid dienone is 2. The molecule has 0 N–H and O–H groups in total. The number of carbonyl (C=O) groups is 1. The highest BCUT2D eigenvalue weighted by Gasteiger charge is 2.16. The van der Waals surface area contributed by atoms with Crippen molar-refractivity contribution >= 4 is 5.97 Å². The molecule has 19 heavy (non-hydrogen) atoms. The van der Waals surface area contributed by atoms with Gasteiger partial charge in [0.25, 0.3) is 0 Å². The Kier molecular flexibility index (Phi) is 4.78. The normalized spacial score (nSPS) is 13.4. The zero-order valence-electron chi connectivity index (χ0n) is 11.7. The number of esters is 1. The van der Waals surface area contributed by atoms with Gasteiger partial charge in [0, 0.05) is 6.42 Å². The number of benzene rings is 1. The Balaban J connectivity index is 1.96. The van der Waals surface area contributed by atoms with E-state index in [4.69, 9.17) is 4.74 Å². The van der Waals surface area contributed by atoms with Crippen LogP contribution in [-0.4, -0.2) is 12.6 Å². The monoisotopic (exact) mass is 257 g/mol. The van der Waals surface area contributed by atoms with Crippen molar-refractivity contribution in [3.63, 3.8) is 0 Å². The molecule has 0 saturated carbocycles. The van der Waals surface area contributed by atoms with E-state index < -0.39 is 0 Å². The number of hydrogen-bond acceptors (Lipinski definition) is 2. The van der Waals surface area contributed by atoms with E-state index in [1.54, 1.807) is 0 Å². The van der Waals surface area contributed by atoms with E-state index in [9.17, 15) is 4.79 Å². The number of hydrogen-bond donors (Lipinski definition) is 0. The fourth-order valence-corrected chi connectivity index (χ4v) is 2.27.